The van der Waals surface area contributed by atoms with E-state index in [-0.39, 0.29) is 5.91 Å². The Bertz CT molecular complexity index is 1890. The van der Waals surface area contributed by atoms with Crippen molar-refractivity contribution in [2.24, 2.45) is 0 Å². The Labute approximate surface area is 246 Å². The molecule has 6 aromatic rings. The fourth-order valence-electron chi connectivity index (χ4n) is 4.87. The summed E-state index contributed by atoms with van der Waals surface area (Å²) in [6.45, 7) is 0. The number of nitrogens with zero attached hydrogens (tertiary/aromatic N) is 2. The molecular formula is C34H26N6O3. The van der Waals surface area contributed by atoms with E-state index in [0.29, 0.717) is 44.9 Å². The average Bonchev–Trinajstić information content (AvgIpc) is 3.03. The van der Waals surface area contributed by atoms with Gasteiger partial charge in [-0.1, -0.05) is 60.7 Å². The summed E-state index contributed by atoms with van der Waals surface area (Å²) in [5, 5.41) is 10.3. The monoisotopic (exact) mass is 566 g/mol. The number of hydrogen-bond donors (Lipinski definition) is 4. The molecule has 0 aliphatic heterocycles. The van der Waals surface area contributed by atoms with E-state index >= 15 is 0 Å². The van der Waals surface area contributed by atoms with Gasteiger partial charge in [0.05, 0.1) is 33.8 Å². The highest BCUT2D eigenvalue weighted by Gasteiger charge is 2.30. The number of nitrogen functional groups attached to an aromatic ring is 1. The van der Waals surface area contributed by atoms with E-state index in [4.69, 9.17) is 5.73 Å². The van der Waals surface area contributed by atoms with Crippen LogP contribution in [0.5, 0.6) is 0 Å². The van der Waals surface area contributed by atoms with Gasteiger partial charge in [0.25, 0.3) is 5.91 Å². The molecule has 2 aromatic heterocycles. The normalized spacial score (nSPS) is 10.9. The summed E-state index contributed by atoms with van der Waals surface area (Å²) in [6, 6.07) is 31.5. The molecule has 0 bridgehead atoms. The van der Waals surface area contributed by atoms with Gasteiger partial charge in [0.2, 0.25) is 11.8 Å². The van der Waals surface area contributed by atoms with Gasteiger partial charge in [-0.25, -0.2) is 0 Å². The van der Waals surface area contributed by atoms with Crippen LogP contribution in [0.25, 0.3) is 21.8 Å². The number of carbonyl (C=O) groups is 3. The summed E-state index contributed by atoms with van der Waals surface area (Å²) < 4.78 is 0. The zero-order valence-corrected chi connectivity index (χ0v) is 22.8. The molecule has 0 fully saturated rings. The highest BCUT2D eigenvalue weighted by molar-refractivity contribution is 6.17. The summed E-state index contributed by atoms with van der Waals surface area (Å²) in [5.41, 5.74) is 9.77. The van der Waals surface area contributed by atoms with Crippen molar-refractivity contribution < 1.29 is 14.4 Å². The summed E-state index contributed by atoms with van der Waals surface area (Å²) in [6.07, 6.45) is 3.28. The van der Waals surface area contributed by atoms with Crippen molar-refractivity contribution in [1.29, 1.82) is 0 Å². The maximum atomic E-state index is 13.8. The van der Waals surface area contributed by atoms with Crippen LogP contribution < -0.4 is 21.7 Å². The molecule has 9 nitrogen and oxygen atoms in total. The van der Waals surface area contributed by atoms with Crippen molar-refractivity contribution in [3.05, 3.63) is 133 Å². The molecule has 43 heavy (non-hydrogen) atoms. The van der Waals surface area contributed by atoms with Gasteiger partial charge in [-0.2, -0.15) is 0 Å². The van der Waals surface area contributed by atoms with Crippen LogP contribution in [-0.4, -0.2) is 27.7 Å². The molecule has 9 heteroatoms. The first-order valence-corrected chi connectivity index (χ1v) is 13.5. The van der Waals surface area contributed by atoms with Crippen LogP contribution in [-0.2, 0) is 9.59 Å². The standard InChI is InChI=1S/C34H26N6O3/c35-25-11-1-2-12-26(25)38-32(41)24-17-15-21(16-18-24)29(33(42)39-27-13-3-7-22-9-5-19-36-30(22)27)34(43)40-28-14-4-8-23-10-6-20-37-31(23)28/h1-20,29H,35H2,(H,38,41)(H,39,42)(H,40,43). The van der Waals surface area contributed by atoms with E-state index in [1.165, 1.54) is 0 Å². The first-order chi connectivity index (χ1) is 21.0. The van der Waals surface area contributed by atoms with Crippen LogP contribution in [0.2, 0.25) is 0 Å². The van der Waals surface area contributed by atoms with E-state index in [1.54, 1.807) is 73.1 Å². The third kappa shape index (κ3) is 5.73. The first-order valence-electron chi connectivity index (χ1n) is 13.5. The van der Waals surface area contributed by atoms with Crippen molar-refractivity contribution in [3.63, 3.8) is 0 Å². The Morgan fingerprint density at radius 3 is 1.63 bits per heavy atom. The summed E-state index contributed by atoms with van der Waals surface area (Å²) in [5.74, 6) is -2.76. The van der Waals surface area contributed by atoms with Crippen LogP contribution in [0.15, 0.2) is 122 Å². The number of aromatic nitrogens is 2. The number of fused-ring (bicyclic) bond motifs is 2. The van der Waals surface area contributed by atoms with Crippen LogP contribution in [0, 0.1) is 0 Å². The van der Waals surface area contributed by atoms with Gasteiger partial charge >= 0.3 is 0 Å². The van der Waals surface area contributed by atoms with Crippen LogP contribution >= 0.6 is 0 Å². The van der Waals surface area contributed by atoms with E-state index in [1.807, 2.05) is 48.5 Å². The molecule has 0 radical (unpaired) electrons. The number of anilines is 4. The molecule has 0 saturated carbocycles. The van der Waals surface area contributed by atoms with Gasteiger partial charge in [-0.3, -0.25) is 24.4 Å². The topological polar surface area (TPSA) is 139 Å². The van der Waals surface area contributed by atoms with Gasteiger partial charge in [-0.05, 0) is 54.1 Å². The third-order valence-corrected chi connectivity index (χ3v) is 7.02. The Hall–Kier alpha value is -6.09. The van der Waals surface area contributed by atoms with Crippen molar-refractivity contribution >= 4 is 62.3 Å². The number of benzene rings is 4. The van der Waals surface area contributed by atoms with Gasteiger partial charge in [0.1, 0.15) is 5.92 Å². The third-order valence-electron chi connectivity index (χ3n) is 7.02. The predicted octanol–water partition coefficient (Wildman–Crippen LogP) is 5.98. The van der Waals surface area contributed by atoms with Crippen molar-refractivity contribution in [2.45, 2.75) is 5.92 Å². The number of pyridine rings is 2. The second-order valence-corrected chi connectivity index (χ2v) is 9.84. The van der Waals surface area contributed by atoms with E-state index in [9.17, 15) is 14.4 Å². The zero-order chi connectivity index (χ0) is 29.8. The largest absolute Gasteiger partial charge is 0.397 e. The fraction of sp³-hybridized carbons (Fsp3) is 0.0294. The van der Waals surface area contributed by atoms with Gasteiger partial charge in [0, 0.05) is 28.7 Å². The highest BCUT2D eigenvalue weighted by Crippen LogP contribution is 2.27. The van der Waals surface area contributed by atoms with E-state index in [0.717, 1.165) is 10.8 Å². The Morgan fingerprint density at radius 1 is 0.558 bits per heavy atom. The summed E-state index contributed by atoms with van der Waals surface area (Å²) >= 11 is 0. The Morgan fingerprint density at radius 2 is 1.07 bits per heavy atom. The number of carbonyl (C=O) groups excluding carboxylic acids is 3. The second-order valence-electron chi connectivity index (χ2n) is 9.84. The molecule has 0 spiro atoms. The van der Waals surface area contributed by atoms with Crippen molar-refractivity contribution in [2.75, 3.05) is 21.7 Å². The lowest BCUT2D eigenvalue weighted by Crippen LogP contribution is -2.32. The Balaban J connectivity index is 1.32. The zero-order valence-electron chi connectivity index (χ0n) is 22.8. The molecule has 0 atom stereocenters. The number of para-hydroxylation sites is 4. The van der Waals surface area contributed by atoms with Gasteiger partial charge in [0.15, 0.2) is 0 Å². The molecule has 210 valence electrons. The molecule has 5 N–H and O–H groups in total. The number of nitrogens with two attached hydrogens (primary N) is 1. The number of nitrogens with one attached hydrogen (secondary N) is 3. The minimum Gasteiger partial charge on any atom is -0.397 e. The maximum Gasteiger partial charge on any atom is 0.255 e. The SMILES string of the molecule is Nc1ccccc1NC(=O)c1ccc(C(C(=O)Nc2cccc3cccnc23)C(=O)Nc2cccc3cccnc23)cc1. The van der Waals surface area contributed by atoms with Crippen molar-refractivity contribution in [3.8, 4) is 0 Å². The highest BCUT2D eigenvalue weighted by atomic mass is 16.2. The molecule has 0 unspecified atom stereocenters. The number of amides is 3. The van der Waals surface area contributed by atoms with Crippen LogP contribution in [0.3, 0.4) is 0 Å². The van der Waals surface area contributed by atoms with E-state index < -0.39 is 17.7 Å². The average molecular weight is 567 g/mol. The minimum absolute atomic E-state index is 0.336. The maximum absolute atomic E-state index is 13.8. The quantitative estimate of drug-likeness (QED) is 0.139. The van der Waals surface area contributed by atoms with Crippen molar-refractivity contribution in [1.82, 2.24) is 9.97 Å². The predicted molar refractivity (Wildman–Crippen MR) is 169 cm³/mol. The molecular weight excluding hydrogens is 540 g/mol. The Kier molecular flexibility index (Phi) is 7.43. The van der Waals surface area contributed by atoms with Gasteiger partial charge in [-0.15, -0.1) is 0 Å². The molecule has 6 rings (SSSR count). The van der Waals surface area contributed by atoms with Crippen LogP contribution in [0.1, 0.15) is 21.8 Å². The number of rotatable bonds is 7. The molecule has 2 heterocycles. The molecule has 0 saturated heterocycles. The molecule has 3 amide bonds. The second kappa shape index (κ2) is 11.8. The molecule has 4 aromatic carbocycles. The minimum atomic E-state index is -1.26. The molecule has 0 aliphatic carbocycles. The lowest BCUT2D eigenvalue weighted by molar-refractivity contribution is -0.125. The first kappa shape index (κ1) is 27.1. The summed E-state index contributed by atoms with van der Waals surface area (Å²) in [7, 11) is 0. The number of hydrogen-bond acceptors (Lipinski definition) is 6. The summed E-state index contributed by atoms with van der Waals surface area (Å²) in [4.78, 5) is 49.4. The van der Waals surface area contributed by atoms with E-state index in [2.05, 4.69) is 25.9 Å². The molecule has 0 aliphatic rings. The lowest BCUT2D eigenvalue weighted by atomic mass is 9.95. The van der Waals surface area contributed by atoms with Gasteiger partial charge < -0.3 is 21.7 Å². The lowest BCUT2D eigenvalue weighted by Gasteiger charge is -2.19. The van der Waals surface area contributed by atoms with Crippen LogP contribution in [0.4, 0.5) is 22.7 Å². The fourth-order valence-corrected chi connectivity index (χ4v) is 4.87. The smallest absolute Gasteiger partial charge is 0.255 e.